The fourth-order valence-electron chi connectivity index (χ4n) is 1.79. The summed E-state index contributed by atoms with van der Waals surface area (Å²) in [4.78, 5) is 10.9. The third kappa shape index (κ3) is 2.43. The number of hydrogen-bond donors (Lipinski definition) is 3. The van der Waals surface area contributed by atoms with E-state index in [9.17, 15) is 9.90 Å². The lowest BCUT2D eigenvalue weighted by Gasteiger charge is -2.09. The number of benzene rings is 2. The number of carbonyl (C=O) groups is 1. The number of nitrogens with two attached hydrogens (primary N) is 1. The first kappa shape index (κ1) is 12.0. The highest BCUT2D eigenvalue weighted by atomic mass is 16.4. The minimum atomic E-state index is -1.16. The summed E-state index contributed by atoms with van der Waals surface area (Å²) >= 11 is 0. The predicted octanol–water partition coefficient (Wildman–Crippen LogP) is 2.26. The van der Waals surface area contributed by atoms with E-state index in [0.29, 0.717) is 17.7 Å². The third-order valence-electron chi connectivity index (χ3n) is 2.73. The van der Waals surface area contributed by atoms with Gasteiger partial charge in [0.1, 0.15) is 11.3 Å². The van der Waals surface area contributed by atoms with Crippen molar-refractivity contribution in [3.8, 4) is 5.75 Å². The lowest BCUT2D eigenvalue weighted by Crippen LogP contribution is -2.02. The molecule has 0 spiro atoms. The number of carboxylic acid groups (broad SMARTS) is 1. The standard InChI is InChI=1S/C14H13NO3/c15-12-8-13(16)11(14(17)18)7-10(12)6-9-4-2-1-3-5-9/h1-5,7-8,16H,6,15H2,(H,17,18). The second kappa shape index (κ2) is 4.79. The van der Waals surface area contributed by atoms with Crippen molar-refractivity contribution >= 4 is 11.7 Å². The van der Waals surface area contributed by atoms with Crippen LogP contribution in [0.15, 0.2) is 42.5 Å². The van der Waals surface area contributed by atoms with E-state index >= 15 is 0 Å². The number of nitrogen functional groups attached to an aromatic ring is 1. The topological polar surface area (TPSA) is 83.5 Å². The average Bonchev–Trinajstić information content (AvgIpc) is 2.33. The van der Waals surface area contributed by atoms with Crippen molar-refractivity contribution in [2.24, 2.45) is 0 Å². The first-order chi connectivity index (χ1) is 8.58. The van der Waals surface area contributed by atoms with Gasteiger partial charge in [0.25, 0.3) is 0 Å². The van der Waals surface area contributed by atoms with Crippen LogP contribution in [-0.2, 0) is 6.42 Å². The summed E-state index contributed by atoms with van der Waals surface area (Å²) in [5.74, 6) is -1.47. The van der Waals surface area contributed by atoms with E-state index in [0.717, 1.165) is 5.56 Å². The molecular formula is C14H13NO3. The van der Waals surface area contributed by atoms with Gasteiger partial charge >= 0.3 is 5.97 Å². The van der Waals surface area contributed by atoms with Crippen LogP contribution in [0.3, 0.4) is 0 Å². The van der Waals surface area contributed by atoms with Crippen LogP contribution in [0.2, 0.25) is 0 Å². The van der Waals surface area contributed by atoms with Gasteiger partial charge in [0, 0.05) is 11.8 Å². The minimum absolute atomic E-state index is 0.130. The quantitative estimate of drug-likeness (QED) is 0.722. The van der Waals surface area contributed by atoms with Crippen molar-refractivity contribution in [1.82, 2.24) is 0 Å². The van der Waals surface area contributed by atoms with E-state index < -0.39 is 5.97 Å². The zero-order valence-electron chi connectivity index (χ0n) is 9.63. The van der Waals surface area contributed by atoms with Crippen LogP contribution in [0.25, 0.3) is 0 Å². The Balaban J connectivity index is 2.39. The van der Waals surface area contributed by atoms with Crippen molar-refractivity contribution < 1.29 is 15.0 Å². The molecule has 0 radical (unpaired) electrons. The maximum atomic E-state index is 10.9. The lowest BCUT2D eigenvalue weighted by atomic mass is 10.0. The summed E-state index contributed by atoms with van der Waals surface area (Å²) in [6, 6.07) is 12.3. The number of aromatic carboxylic acids is 1. The van der Waals surface area contributed by atoms with Crippen LogP contribution in [0.5, 0.6) is 5.75 Å². The SMILES string of the molecule is Nc1cc(O)c(C(=O)O)cc1Cc1ccccc1. The Bertz CT molecular complexity index is 579. The summed E-state index contributed by atoms with van der Waals surface area (Å²) in [7, 11) is 0. The molecule has 0 aliphatic carbocycles. The van der Waals surface area contributed by atoms with Gasteiger partial charge < -0.3 is 15.9 Å². The first-order valence-corrected chi connectivity index (χ1v) is 5.46. The second-order valence-corrected chi connectivity index (χ2v) is 4.04. The van der Waals surface area contributed by atoms with Gasteiger partial charge in [0.05, 0.1) is 0 Å². The Labute approximate surface area is 104 Å². The Kier molecular flexibility index (Phi) is 3.19. The maximum Gasteiger partial charge on any atom is 0.339 e. The molecule has 0 saturated heterocycles. The summed E-state index contributed by atoms with van der Waals surface area (Å²) in [6.45, 7) is 0. The van der Waals surface area contributed by atoms with E-state index in [-0.39, 0.29) is 11.3 Å². The Morgan fingerprint density at radius 2 is 1.83 bits per heavy atom. The van der Waals surface area contributed by atoms with Crippen LogP contribution < -0.4 is 5.73 Å². The molecule has 0 heterocycles. The van der Waals surface area contributed by atoms with E-state index in [1.54, 1.807) is 0 Å². The van der Waals surface area contributed by atoms with Gasteiger partial charge in [0.2, 0.25) is 0 Å². The van der Waals surface area contributed by atoms with Gasteiger partial charge in [0.15, 0.2) is 0 Å². The molecule has 0 atom stereocenters. The van der Waals surface area contributed by atoms with Crippen molar-refractivity contribution in [2.45, 2.75) is 6.42 Å². The highest BCUT2D eigenvalue weighted by Crippen LogP contribution is 2.26. The number of hydrogen-bond acceptors (Lipinski definition) is 3. The fraction of sp³-hybridized carbons (Fsp3) is 0.0714. The fourth-order valence-corrected chi connectivity index (χ4v) is 1.79. The number of anilines is 1. The molecule has 18 heavy (non-hydrogen) atoms. The van der Waals surface area contributed by atoms with Gasteiger partial charge in [-0.15, -0.1) is 0 Å². The van der Waals surface area contributed by atoms with Gasteiger partial charge in [-0.1, -0.05) is 30.3 Å². The largest absolute Gasteiger partial charge is 0.507 e. The molecule has 0 amide bonds. The zero-order valence-corrected chi connectivity index (χ0v) is 9.63. The molecule has 4 heteroatoms. The van der Waals surface area contributed by atoms with Crippen molar-refractivity contribution in [3.63, 3.8) is 0 Å². The molecule has 2 aromatic rings. The van der Waals surface area contributed by atoms with Gasteiger partial charge in [-0.2, -0.15) is 0 Å². The number of phenols is 1. The van der Waals surface area contributed by atoms with Crippen molar-refractivity contribution in [2.75, 3.05) is 5.73 Å². The highest BCUT2D eigenvalue weighted by Gasteiger charge is 2.13. The molecule has 0 aromatic heterocycles. The Hall–Kier alpha value is -2.49. The molecule has 4 nitrogen and oxygen atoms in total. The zero-order chi connectivity index (χ0) is 13.1. The van der Waals surface area contributed by atoms with Crippen LogP contribution in [-0.4, -0.2) is 16.2 Å². The number of aromatic hydroxyl groups is 1. The summed E-state index contributed by atoms with van der Waals surface area (Å²) in [5.41, 5.74) is 7.77. The van der Waals surface area contributed by atoms with Gasteiger partial charge in [-0.25, -0.2) is 4.79 Å². The molecule has 0 unspecified atom stereocenters. The molecule has 0 aliphatic rings. The summed E-state index contributed by atoms with van der Waals surface area (Å²) in [6.07, 6.45) is 0.535. The molecule has 0 fully saturated rings. The maximum absolute atomic E-state index is 10.9. The van der Waals surface area contributed by atoms with Crippen LogP contribution in [0, 0.1) is 0 Å². The summed E-state index contributed by atoms with van der Waals surface area (Å²) < 4.78 is 0. The van der Waals surface area contributed by atoms with Crippen LogP contribution in [0.1, 0.15) is 21.5 Å². The first-order valence-electron chi connectivity index (χ1n) is 5.46. The average molecular weight is 243 g/mol. The lowest BCUT2D eigenvalue weighted by molar-refractivity contribution is 0.0693. The molecule has 92 valence electrons. The molecular weight excluding hydrogens is 230 g/mol. The Morgan fingerprint density at radius 1 is 1.17 bits per heavy atom. The van der Waals surface area contributed by atoms with Gasteiger partial charge in [-0.05, 0) is 23.6 Å². The molecule has 2 rings (SSSR count). The van der Waals surface area contributed by atoms with Crippen molar-refractivity contribution in [3.05, 3.63) is 59.2 Å². The van der Waals surface area contributed by atoms with E-state index in [2.05, 4.69) is 0 Å². The monoisotopic (exact) mass is 243 g/mol. The summed E-state index contributed by atoms with van der Waals surface area (Å²) in [5, 5.41) is 18.4. The molecule has 0 bridgehead atoms. The second-order valence-electron chi connectivity index (χ2n) is 4.04. The number of carboxylic acids is 1. The normalized spacial score (nSPS) is 10.2. The molecule has 2 aromatic carbocycles. The van der Waals surface area contributed by atoms with Gasteiger partial charge in [-0.3, -0.25) is 0 Å². The predicted molar refractivity (Wildman–Crippen MR) is 68.7 cm³/mol. The molecule has 4 N–H and O–H groups in total. The van der Waals surface area contributed by atoms with Crippen molar-refractivity contribution in [1.29, 1.82) is 0 Å². The van der Waals surface area contributed by atoms with E-state index in [4.69, 9.17) is 10.8 Å². The molecule has 0 aliphatic heterocycles. The minimum Gasteiger partial charge on any atom is -0.507 e. The third-order valence-corrected chi connectivity index (χ3v) is 2.73. The van der Waals surface area contributed by atoms with E-state index in [1.807, 2.05) is 30.3 Å². The Morgan fingerprint density at radius 3 is 2.44 bits per heavy atom. The van der Waals surface area contributed by atoms with E-state index in [1.165, 1.54) is 12.1 Å². The van der Waals surface area contributed by atoms with Crippen LogP contribution >= 0.6 is 0 Å². The molecule has 0 saturated carbocycles. The number of rotatable bonds is 3. The smallest absolute Gasteiger partial charge is 0.339 e. The highest BCUT2D eigenvalue weighted by molar-refractivity contribution is 5.92. The van der Waals surface area contributed by atoms with Crippen LogP contribution in [0.4, 0.5) is 5.69 Å².